The van der Waals surface area contributed by atoms with Crippen molar-refractivity contribution in [3.63, 3.8) is 0 Å². The molecule has 0 amide bonds. The average Bonchev–Trinajstić information content (AvgIpc) is 2.04. The van der Waals surface area contributed by atoms with Crippen LogP contribution in [0.1, 0.15) is 13.8 Å². The van der Waals surface area contributed by atoms with Crippen molar-refractivity contribution in [1.29, 1.82) is 5.26 Å². The van der Waals surface area contributed by atoms with Crippen LogP contribution in [0.25, 0.3) is 0 Å². The van der Waals surface area contributed by atoms with E-state index in [1.807, 2.05) is 5.40 Å². The molecule has 0 rings (SSSR count). The fraction of sp³-hybridized carbons (Fsp3) is 0.429. The quantitative estimate of drug-likeness (QED) is 0.403. The minimum absolute atomic E-state index is 0.00315. The minimum Gasteiger partial charge on any atom is -0.461 e. The Balaban J connectivity index is 4.34. The molecule has 0 aromatic carbocycles. The first-order valence-corrected chi connectivity index (χ1v) is 4.14. The van der Waals surface area contributed by atoms with Crippen LogP contribution in [0.15, 0.2) is 10.6 Å². The second-order valence-corrected chi connectivity index (χ2v) is 2.88. The second-order valence-electron chi connectivity index (χ2n) is 1.88. The lowest BCUT2D eigenvalue weighted by Gasteiger charge is -2.02. The van der Waals surface area contributed by atoms with E-state index in [1.165, 1.54) is 0 Å². The highest BCUT2D eigenvalue weighted by atomic mass is 32.2. The fourth-order valence-electron chi connectivity index (χ4n) is 0.476. The van der Waals surface area contributed by atoms with Gasteiger partial charge in [0, 0.05) is 4.91 Å². The number of nitriles is 1. The molecule has 0 heterocycles. The number of hydrogen-bond donors (Lipinski definition) is 1. The predicted octanol–water partition coefficient (Wildman–Crippen LogP) is 0.954. The van der Waals surface area contributed by atoms with E-state index in [9.17, 15) is 4.79 Å². The lowest BCUT2D eigenvalue weighted by atomic mass is 10.4. The Kier molecular flexibility index (Phi) is 4.97. The molecule has 0 spiro atoms. The highest BCUT2D eigenvalue weighted by molar-refractivity contribution is 8.07. The van der Waals surface area contributed by atoms with E-state index < -0.39 is 5.97 Å². The standard InChI is InChI=1S/C7H10N2O2S/c1-3-11-7(10)6(9)5(2)12-4-8/h3,9H2,1-2H3/b6-5-. The molecule has 0 atom stereocenters. The third-order valence-corrected chi connectivity index (χ3v) is 1.69. The summed E-state index contributed by atoms with van der Waals surface area (Å²) < 4.78 is 4.63. The zero-order chi connectivity index (χ0) is 9.56. The molecule has 0 saturated heterocycles. The summed E-state index contributed by atoms with van der Waals surface area (Å²) in [4.78, 5) is 11.4. The van der Waals surface area contributed by atoms with Crippen LogP contribution in [0.4, 0.5) is 0 Å². The van der Waals surface area contributed by atoms with E-state index in [4.69, 9.17) is 11.0 Å². The number of esters is 1. The third-order valence-electron chi connectivity index (χ3n) is 1.07. The Labute approximate surface area is 75.4 Å². The summed E-state index contributed by atoms with van der Waals surface area (Å²) in [6.45, 7) is 3.57. The second kappa shape index (κ2) is 5.49. The summed E-state index contributed by atoms with van der Waals surface area (Å²) in [5, 5.41) is 10.1. The molecule has 0 fully saturated rings. The topological polar surface area (TPSA) is 76.1 Å². The minimum atomic E-state index is -0.572. The van der Waals surface area contributed by atoms with E-state index in [0.717, 1.165) is 11.8 Å². The Morgan fingerprint density at radius 2 is 2.33 bits per heavy atom. The number of allylic oxidation sites excluding steroid dienone is 1. The Morgan fingerprint density at radius 3 is 2.75 bits per heavy atom. The molecule has 0 unspecified atom stereocenters. The molecular formula is C7H10N2O2S. The van der Waals surface area contributed by atoms with E-state index in [0.29, 0.717) is 4.91 Å². The number of thioether (sulfide) groups is 1. The van der Waals surface area contributed by atoms with Crippen molar-refractivity contribution in [3.05, 3.63) is 10.6 Å². The van der Waals surface area contributed by atoms with Gasteiger partial charge in [-0.25, -0.2) is 4.79 Å². The summed E-state index contributed by atoms with van der Waals surface area (Å²) in [5.41, 5.74) is 5.37. The zero-order valence-electron chi connectivity index (χ0n) is 6.96. The van der Waals surface area contributed by atoms with Crippen molar-refractivity contribution < 1.29 is 9.53 Å². The molecule has 0 aliphatic heterocycles. The maximum atomic E-state index is 10.9. The average molecular weight is 186 g/mol. The van der Waals surface area contributed by atoms with Crippen molar-refractivity contribution >= 4 is 17.7 Å². The number of hydrogen-bond acceptors (Lipinski definition) is 5. The summed E-state index contributed by atoms with van der Waals surface area (Å²) in [6.07, 6.45) is 0. The van der Waals surface area contributed by atoms with Gasteiger partial charge in [-0.15, -0.1) is 0 Å². The fourth-order valence-corrected chi connectivity index (χ4v) is 0.806. The van der Waals surface area contributed by atoms with Crippen LogP contribution >= 0.6 is 11.8 Å². The maximum Gasteiger partial charge on any atom is 0.355 e. The molecule has 0 bridgehead atoms. The van der Waals surface area contributed by atoms with E-state index >= 15 is 0 Å². The van der Waals surface area contributed by atoms with Gasteiger partial charge in [-0.3, -0.25) is 0 Å². The lowest BCUT2D eigenvalue weighted by molar-refractivity contribution is -0.138. The molecule has 0 saturated carbocycles. The Morgan fingerprint density at radius 1 is 1.75 bits per heavy atom. The van der Waals surface area contributed by atoms with Gasteiger partial charge in [-0.05, 0) is 25.6 Å². The summed E-state index contributed by atoms with van der Waals surface area (Å²) in [7, 11) is 0. The maximum absolute atomic E-state index is 10.9. The smallest absolute Gasteiger partial charge is 0.355 e. The largest absolute Gasteiger partial charge is 0.461 e. The summed E-state index contributed by atoms with van der Waals surface area (Å²) in [5.74, 6) is -0.572. The number of nitrogens with zero attached hydrogens (tertiary/aromatic N) is 1. The molecule has 0 radical (unpaired) electrons. The molecule has 0 aliphatic rings. The molecular weight excluding hydrogens is 176 g/mol. The molecule has 4 nitrogen and oxygen atoms in total. The van der Waals surface area contributed by atoms with Gasteiger partial charge in [0.25, 0.3) is 0 Å². The van der Waals surface area contributed by atoms with Crippen LogP contribution in [0, 0.1) is 10.7 Å². The van der Waals surface area contributed by atoms with Crippen LogP contribution in [0.2, 0.25) is 0 Å². The SMILES string of the molecule is CCOC(=O)/C(N)=C(\C)SC#N. The lowest BCUT2D eigenvalue weighted by Crippen LogP contribution is -2.15. The number of carbonyl (C=O) groups excluding carboxylic acids is 1. The first-order valence-electron chi connectivity index (χ1n) is 3.32. The first-order chi connectivity index (χ1) is 5.63. The first kappa shape index (κ1) is 10.8. The van der Waals surface area contributed by atoms with Crippen molar-refractivity contribution in [2.24, 2.45) is 5.73 Å². The van der Waals surface area contributed by atoms with E-state index in [1.54, 1.807) is 13.8 Å². The Bertz CT molecular complexity index is 242. The van der Waals surface area contributed by atoms with E-state index in [-0.39, 0.29) is 12.3 Å². The number of carbonyl (C=O) groups is 1. The van der Waals surface area contributed by atoms with Crippen molar-refractivity contribution in [2.45, 2.75) is 13.8 Å². The highest BCUT2D eigenvalue weighted by Gasteiger charge is 2.09. The normalized spacial score (nSPS) is 11.4. The molecule has 0 aromatic rings. The van der Waals surface area contributed by atoms with Gasteiger partial charge < -0.3 is 10.5 Å². The van der Waals surface area contributed by atoms with Crippen LogP contribution in [-0.2, 0) is 9.53 Å². The summed E-state index contributed by atoms with van der Waals surface area (Å²) in [6, 6.07) is 0. The van der Waals surface area contributed by atoms with Gasteiger partial charge in [0.05, 0.1) is 6.61 Å². The zero-order valence-corrected chi connectivity index (χ0v) is 7.77. The molecule has 0 aromatic heterocycles. The van der Waals surface area contributed by atoms with Crippen molar-refractivity contribution in [1.82, 2.24) is 0 Å². The van der Waals surface area contributed by atoms with E-state index in [2.05, 4.69) is 4.74 Å². The molecule has 66 valence electrons. The third kappa shape index (κ3) is 3.30. The monoisotopic (exact) mass is 186 g/mol. The van der Waals surface area contributed by atoms with Crippen LogP contribution in [0.3, 0.4) is 0 Å². The van der Waals surface area contributed by atoms with Crippen molar-refractivity contribution in [2.75, 3.05) is 6.61 Å². The van der Waals surface area contributed by atoms with Gasteiger partial charge in [0.2, 0.25) is 0 Å². The van der Waals surface area contributed by atoms with Gasteiger partial charge in [-0.1, -0.05) is 0 Å². The molecule has 12 heavy (non-hydrogen) atoms. The number of thiocyanates is 1. The molecule has 2 N–H and O–H groups in total. The highest BCUT2D eigenvalue weighted by Crippen LogP contribution is 2.15. The molecule has 0 aliphatic carbocycles. The Hall–Kier alpha value is -1.15. The number of ether oxygens (including phenoxy) is 1. The molecule has 5 heteroatoms. The van der Waals surface area contributed by atoms with Crippen LogP contribution in [0.5, 0.6) is 0 Å². The number of nitrogens with two attached hydrogens (primary N) is 1. The van der Waals surface area contributed by atoms with Gasteiger partial charge in [0.15, 0.2) is 0 Å². The van der Waals surface area contributed by atoms with Crippen LogP contribution in [-0.4, -0.2) is 12.6 Å². The summed E-state index contributed by atoms with van der Waals surface area (Å²) >= 11 is 0.853. The predicted molar refractivity (Wildman–Crippen MR) is 46.7 cm³/mol. The number of rotatable bonds is 3. The van der Waals surface area contributed by atoms with Gasteiger partial charge in [-0.2, -0.15) is 5.26 Å². The van der Waals surface area contributed by atoms with Crippen molar-refractivity contribution in [3.8, 4) is 5.40 Å². The van der Waals surface area contributed by atoms with Gasteiger partial charge in [0.1, 0.15) is 11.1 Å². The van der Waals surface area contributed by atoms with Gasteiger partial charge >= 0.3 is 5.97 Å². The van der Waals surface area contributed by atoms with Crippen LogP contribution < -0.4 is 5.73 Å².